The van der Waals surface area contributed by atoms with Crippen LogP contribution in [0.5, 0.6) is 0 Å². The molecule has 1 N–H and O–H groups in total. The van der Waals surface area contributed by atoms with Crippen molar-refractivity contribution in [2.75, 3.05) is 11.4 Å². The summed E-state index contributed by atoms with van der Waals surface area (Å²) >= 11 is 1.46. The van der Waals surface area contributed by atoms with E-state index >= 15 is 0 Å². The van der Waals surface area contributed by atoms with Gasteiger partial charge in [-0.05, 0) is 39.2 Å². The molecule has 1 saturated heterocycles. The van der Waals surface area contributed by atoms with E-state index in [4.69, 9.17) is 0 Å². The van der Waals surface area contributed by atoms with Gasteiger partial charge in [-0.3, -0.25) is 0 Å². The van der Waals surface area contributed by atoms with Crippen LogP contribution in [-0.4, -0.2) is 32.6 Å². The number of hydrogen-bond acceptors (Lipinski definition) is 6. The van der Waals surface area contributed by atoms with Gasteiger partial charge in [0.15, 0.2) is 5.69 Å². The van der Waals surface area contributed by atoms with Crippen molar-refractivity contribution in [3.63, 3.8) is 0 Å². The highest BCUT2D eigenvalue weighted by Crippen LogP contribution is 2.37. The molecule has 2 aromatic heterocycles. The highest BCUT2D eigenvalue weighted by molar-refractivity contribution is 7.12. The molecule has 0 spiro atoms. The van der Waals surface area contributed by atoms with E-state index in [0.29, 0.717) is 5.95 Å². The minimum atomic E-state index is -0.966. The van der Waals surface area contributed by atoms with Gasteiger partial charge in [0.2, 0.25) is 5.95 Å². The first-order valence-corrected chi connectivity index (χ1v) is 8.06. The van der Waals surface area contributed by atoms with Crippen molar-refractivity contribution in [1.29, 1.82) is 0 Å². The Labute approximate surface area is 132 Å². The summed E-state index contributed by atoms with van der Waals surface area (Å²) in [5, 5.41) is 10.0. The van der Waals surface area contributed by atoms with Crippen LogP contribution < -0.4 is 4.90 Å². The van der Waals surface area contributed by atoms with Crippen molar-refractivity contribution >= 4 is 23.3 Å². The second kappa shape index (κ2) is 5.64. The highest BCUT2D eigenvalue weighted by Gasteiger charge is 2.31. The van der Waals surface area contributed by atoms with Crippen molar-refractivity contribution in [1.82, 2.24) is 15.0 Å². The molecule has 0 aromatic carbocycles. The maximum Gasteiger partial charge on any atom is 0.355 e. The summed E-state index contributed by atoms with van der Waals surface area (Å²) in [5.41, 5.74) is 2.20. The van der Waals surface area contributed by atoms with Crippen LogP contribution in [-0.2, 0) is 0 Å². The van der Waals surface area contributed by atoms with E-state index in [-0.39, 0.29) is 11.7 Å². The second-order valence-electron chi connectivity index (χ2n) is 5.55. The lowest BCUT2D eigenvalue weighted by molar-refractivity contribution is 0.0690. The average Bonchev–Trinajstić information content (AvgIpc) is 3.08. The first-order valence-electron chi connectivity index (χ1n) is 7.25. The minimum absolute atomic E-state index is 0.0684. The quantitative estimate of drug-likeness (QED) is 0.937. The summed E-state index contributed by atoms with van der Waals surface area (Å²) in [5.74, 6) is -0.262. The molecule has 0 amide bonds. The van der Waals surface area contributed by atoms with Gasteiger partial charge in [-0.25, -0.2) is 19.7 Å². The van der Waals surface area contributed by atoms with E-state index in [1.807, 2.05) is 20.0 Å². The van der Waals surface area contributed by atoms with E-state index in [1.54, 1.807) is 6.92 Å². The fourth-order valence-corrected chi connectivity index (χ4v) is 3.74. The topological polar surface area (TPSA) is 79.2 Å². The molecule has 0 saturated carbocycles. The summed E-state index contributed by atoms with van der Waals surface area (Å²) < 4.78 is 0. The van der Waals surface area contributed by atoms with Gasteiger partial charge in [0.1, 0.15) is 5.01 Å². The molecule has 1 aliphatic heterocycles. The van der Waals surface area contributed by atoms with Crippen molar-refractivity contribution in [2.24, 2.45) is 0 Å². The van der Waals surface area contributed by atoms with Gasteiger partial charge in [0, 0.05) is 23.3 Å². The van der Waals surface area contributed by atoms with Crippen LogP contribution in [0.2, 0.25) is 0 Å². The fourth-order valence-electron chi connectivity index (χ4n) is 2.67. The van der Waals surface area contributed by atoms with E-state index in [1.165, 1.54) is 11.3 Å². The standard InChI is InChI=1S/C15H18N4O2S/c1-8-7-16-15(17-9(8)2)19-6-4-5-11(19)13-18-12(14(20)21)10(3)22-13/h7,11H,4-6H2,1-3H3,(H,20,21). The van der Waals surface area contributed by atoms with Crippen LogP contribution in [0.15, 0.2) is 6.20 Å². The number of carboxylic acid groups (broad SMARTS) is 1. The predicted octanol–water partition coefficient (Wildman–Crippen LogP) is 2.90. The number of carbonyl (C=O) groups is 1. The highest BCUT2D eigenvalue weighted by atomic mass is 32.1. The van der Waals surface area contributed by atoms with Gasteiger partial charge < -0.3 is 10.0 Å². The Balaban J connectivity index is 1.94. The molecule has 1 fully saturated rings. The van der Waals surface area contributed by atoms with Crippen LogP contribution in [0.1, 0.15) is 50.5 Å². The van der Waals surface area contributed by atoms with Crippen LogP contribution in [0, 0.1) is 20.8 Å². The Morgan fingerprint density at radius 2 is 2.14 bits per heavy atom. The van der Waals surface area contributed by atoms with E-state index in [9.17, 15) is 9.90 Å². The average molecular weight is 318 g/mol. The second-order valence-corrected chi connectivity index (χ2v) is 6.79. The Bertz CT molecular complexity index is 728. The molecule has 6 nitrogen and oxygen atoms in total. The molecule has 3 heterocycles. The number of aromatic nitrogens is 3. The third-order valence-electron chi connectivity index (χ3n) is 4.02. The number of hydrogen-bond donors (Lipinski definition) is 1. The molecule has 3 rings (SSSR count). The van der Waals surface area contributed by atoms with E-state index < -0.39 is 5.97 Å². The fraction of sp³-hybridized carbons (Fsp3) is 0.467. The number of aryl methyl sites for hydroxylation is 3. The molecular weight excluding hydrogens is 300 g/mol. The summed E-state index contributed by atoms with van der Waals surface area (Å²) in [7, 11) is 0. The van der Waals surface area contributed by atoms with Gasteiger partial charge in [-0.2, -0.15) is 0 Å². The summed E-state index contributed by atoms with van der Waals surface area (Å²) in [6.07, 6.45) is 3.81. The van der Waals surface area contributed by atoms with Crippen molar-refractivity contribution in [2.45, 2.75) is 39.7 Å². The predicted molar refractivity (Wildman–Crippen MR) is 84.6 cm³/mol. The minimum Gasteiger partial charge on any atom is -0.476 e. The lowest BCUT2D eigenvalue weighted by atomic mass is 10.2. The van der Waals surface area contributed by atoms with Gasteiger partial charge in [-0.15, -0.1) is 11.3 Å². The number of rotatable bonds is 3. The van der Waals surface area contributed by atoms with Crippen LogP contribution in [0.25, 0.3) is 0 Å². The Morgan fingerprint density at radius 3 is 2.77 bits per heavy atom. The number of thiazole rings is 1. The van der Waals surface area contributed by atoms with Gasteiger partial charge >= 0.3 is 5.97 Å². The molecule has 116 valence electrons. The Hall–Kier alpha value is -2.02. The third kappa shape index (κ3) is 2.56. The lowest BCUT2D eigenvalue weighted by Crippen LogP contribution is -2.25. The number of carboxylic acids is 1. The van der Waals surface area contributed by atoms with Crippen molar-refractivity contribution in [3.8, 4) is 0 Å². The largest absolute Gasteiger partial charge is 0.476 e. The zero-order valence-electron chi connectivity index (χ0n) is 12.8. The first-order chi connectivity index (χ1) is 10.5. The van der Waals surface area contributed by atoms with Crippen LogP contribution in [0.3, 0.4) is 0 Å². The molecule has 0 bridgehead atoms. The van der Waals surface area contributed by atoms with Gasteiger partial charge in [0.05, 0.1) is 6.04 Å². The molecule has 0 radical (unpaired) electrons. The number of anilines is 1. The summed E-state index contributed by atoms with van der Waals surface area (Å²) in [6, 6.07) is 0.0684. The third-order valence-corrected chi connectivity index (χ3v) is 5.09. The maximum absolute atomic E-state index is 11.2. The van der Waals surface area contributed by atoms with E-state index in [2.05, 4.69) is 19.9 Å². The van der Waals surface area contributed by atoms with E-state index in [0.717, 1.165) is 40.5 Å². The first kappa shape index (κ1) is 14.9. The van der Waals surface area contributed by atoms with Crippen LogP contribution in [0.4, 0.5) is 5.95 Å². The van der Waals surface area contributed by atoms with Crippen molar-refractivity contribution < 1.29 is 9.90 Å². The molecule has 7 heteroatoms. The zero-order chi connectivity index (χ0) is 15.9. The molecule has 1 aliphatic rings. The SMILES string of the molecule is Cc1cnc(N2CCCC2c2nc(C(=O)O)c(C)s2)nc1C. The molecule has 22 heavy (non-hydrogen) atoms. The van der Waals surface area contributed by atoms with Crippen LogP contribution >= 0.6 is 11.3 Å². The van der Waals surface area contributed by atoms with Gasteiger partial charge in [-0.1, -0.05) is 0 Å². The Morgan fingerprint density at radius 1 is 1.36 bits per heavy atom. The summed E-state index contributed by atoms with van der Waals surface area (Å²) in [6.45, 7) is 6.64. The Kier molecular flexibility index (Phi) is 3.82. The van der Waals surface area contributed by atoms with Gasteiger partial charge in [0.25, 0.3) is 0 Å². The normalized spacial score (nSPS) is 18.0. The molecule has 1 unspecified atom stereocenters. The smallest absolute Gasteiger partial charge is 0.355 e. The molecule has 2 aromatic rings. The summed E-state index contributed by atoms with van der Waals surface area (Å²) in [4.78, 5) is 27.4. The van der Waals surface area contributed by atoms with Crippen molar-refractivity contribution in [3.05, 3.63) is 33.0 Å². The number of nitrogens with zero attached hydrogens (tertiary/aromatic N) is 4. The lowest BCUT2D eigenvalue weighted by Gasteiger charge is -2.23. The maximum atomic E-state index is 11.2. The zero-order valence-corrected chi connectivity index (χ0v) is 13.6. The number of aromatic carboxylic acids is 1. The molecular formula is C15H18N4O2S. The molecule has 1 atom stereocenters. The monoisotopic (exact) mass is 318 g/mol. The molecule has 0 aliphatic carbocycles.